The van der Waals surface area contributed by atoms with Crippen LogP contribution >= 0.6 is 23.3 Å². The molecule has 6 nitrogen and oxygen atoms in total. The van der Waals surface area contributed by atoms with Crippen molar-refractivity contribution in [2.24, 2.45) is 0 Å². The van der Waals surface area contributed by atoms with Crippen molar-refractivity contribution in [1.29, 1.82) is 0 Å². The van der Waals surface area contributed by atoms with E-state index >= 15 is 0 Å². The largest absolute Gasteiger partial charge is 0.279 e. The quantitative estimate of drug-likeness (QED) is 0.307. The molecule has 0 saturated heterocycles. The first-order chi connectivity index (χ1) is 15.4. The van der Waals surface area contributed by atoms with Crippen molar-refractivity contribution < 1.29 is 17.2 Å². The van der Waals surface area contributed by atoms with E-state index in [2.05, 4.69) is 9.97 Å². The number of fused-ring (bicyclic) bond motifs is 1. The number of pyridine rings is 1. The Hall–Kier alpha value is -3.02. The summed E-state index contributed by atoms with van der Waals surface area (Å²) in [6.45, 7) is 0. The number of alkyl halides is 2. The summed E-state index contributed by atoms with van der Waals surface area (Å²) in [6.07, 6.45) is 3.62. The second kappa shape index (κ2) is 8.15. The summed E-state index contributed by atoms with van der Waals surface area (Å²) in [6, 6.07) is 14.2. The van der Waals surface area contributed by atoms with E-state index in [-0.39, 0.29) is 10.5 Å². The van der Waals surface area contributed by atoms with Gasteiger partial charge in [0.1, 0.15) is 12.0 Å². The summed E-state index contributed by atoms with van der Waals surface area (Å²) >= 11 is 2.93. The number of rotatable bonds is 6. The highest BCUT2D eigenvalue weighted by Gasteiger charge is 2.29. The summed E-state index contributed by atoms with van der Waals surface area (Å²) in [5.74, 6) is 0. The molecular formula is C21H14F2N4O2S3. The third kappa shape index (κ3) is 3.61. The van der Waals surface area contributed by atoms with Gasteiger partial charge in [-0.1, -0.05) is 18.2 Å². The van der Waals surface area contributed by atoms with Gasteiger partial charge in [-0.3, -0.25) is 3.97 Å². The number of aromatic nitrogens is 4. The van der Waals surface area contributed by atoms with Crippen molar-refractivity contribution in [1.82, 2.24) is 17.9 Å². The number of halogens is 2. The molecule has 0 spiro atoms. The van der Waals surface area contributed by atoms with Gasteiger partial charge in [-0.15, -0.1) is 11.3 Å². The molecule has 0 unspecified atom stereocenters. The molecule has 4 aromatic heterocycles. The normalized spacial score (nSPS) is 12.1. The Labute approximate surface area is 190 Å². The number of benzene rings is 1. The van der Waals surface area contributed by atoms with Gasteiger partial charge in [-0.2, -0.15) is 0 Å². The molecule has 11 heteroatoms. The van der Waals surface area contributed by atoms with Gasteiger partial charge in [0.25, 0.3) is 16.4 Å². The van der Waals surface area contributed by atoms with Crippen LogP contribution in [0.25, 0.3) is 21.5 Å². The Morgan fingerprint density at radius 2 is 1.84 bits per heavy atom. The predicted molar refractivity (Wildman–Crippen MR) is 121 cm³/mol. The summed E-state index contributed by atoms with van der Waals surface area (Å²) in [4.78, 5) is 8.91. The average molecular weight is 489 g/mol. The van der Waals surface area contributed by atoms with Gasteiger partial charge in [-0.05, 0) is 36.4 Å². The molecule has 0 amide bonds. The summed E-state index contributed by atoms with van der Waals surface area (Å²) in [7, 11) is -4.26. The molecule has 0 saturated carbocycles. The molecule has 0 N–H and O–H groups in total. The van der Waals surface area contributed by atoms with Crippen LogP contribution < -0.4 is 0 Å². The molecule has 32 heavy (non-hydrogen) atoms. The lowest BCUT2D eigenvalue weighted by Gasteiger charge is -2.11. The van der Waals surface area contributed by atoms with Crippen LogP contribution in [-0.4, -0.2) is 26.3 Å². The van der Waals surface area contributed by atoms with Gasteiger partial charge in [0.2, 0.25) is 0 Å². The van der Waals surface area contributed by atoms with Crippen LogP contribution in [0.2, 0.25) is 0 Å². The number of hydrogen-bond donors (Lipinski definition) is 0. The van der Waals surface area contributed by atoms with Crippen LogP contribution in [0.3, 0.4) is 0 Å². The first-order valence-electron chi connectivity index (χ1n) is 9.31. The van der Waals surface area contributed by atoms with Gasteiger partial charge in [0.05, 0.1) is 9.10 Å². The highest BCUT2D eigenvalue weighted by molar-refractivity contribution is 7.99. The van der Waals surface area contributed by atoms with E-state index < -0.39 is 22.1 Å². The molecule has 0 bridgehead atoms. The van der Waals surface area contributed by atoms with Crippen molar-refractivity contribution in [3.8, 4) is 10.4 Å². The zero-order chi connectivity index (χ0) is 22.3. The maximum atomic E-state index is 13.9. The minimum atomic E-state index is -4.26. The number of imidazole rings is 1. The fraction of sp³-hybridized carbons (Fsp3) is 0.0476. The molecule has 0 aliphatic carbocycles. The standard InChI is InChI=1S/C21H14F2N4O2S3/c22-20(23)17-12-16-15(18-6-7-19(30-18)31-26-11-10-24-13-26)8-9-25-21(16)27(17)32(28,29)14-4-2-1-3-5-14/h1-13,20H. The van der Waals surface area contributed by atoms with Crippen LogP contribution in [0, 0.1) is 0 Å². The van der Waals surface area contributed by atoms with E-state index in [0.29, 0.717) is 14.9 Å². The Morgan fingerprint density at radius 1 is 1.03 bits per heavy atom. The molecule has 5 rings (SSSR count). The fourth-order valence-electron chi connectivity index (χ4n) is 3.33. The van der Waals surface area contributed by atoms with Gasteiger partial charge in [0, 0.05) is 46.4 Å². The monoisotopic (exact) mass is 488 g/mol. The third-order valence-electron chi connectivity index (χ3n) is 4.72. The van der Waals surface area contributed by atoms with E-state index in [4.69, 9.17) is 0 Å². The lowest BCUT2D eigenvalue weighted by molar-refractivity contribution is 0.145. The van der Waals surface area contributed by atoms with Gasteiger partial charge in [0.15, 0.2) is 5.65 Å². The molecule has 162 valence electrons. The molecule has 0 aliphatic rings. The Balaban J connectivity index is 1.66. The highest BCUT2D eigenvalue weighted by atomic mass is 32.2. The van der Waals surface area contributed by atoms with Crippen molar-refractivity contribution in [2.45, 2.75) is 15.5 Å². The summed E-state index contributed by atoms with van der Waals surface area (Å²) in [5, 5.41) is 0.350. The lowest BCUT2D eigenvalue weighted by atomic mass is 10.1. The van der Waals surface area contributed by atoms with Gasteiger partial charge in [-0.25, -0.2) is 31.1 Å². The van der Waals surface area contributed by atoms with Crippen LogP contribution in [0.15, 0.2) is 88.6 Å². The Morgan fingerprint density at radius 3 is 2.56 bits per heavy atom. The van der Waals surface area contributed by atoms with Crippen LogP contribution in [0.4, 0.5) is 8.78 Å². The van der Waals surface area contributed by atoms with Crippen LogP contribution in [0.5, 0.6) is 0 Å². The topological polar surface area (TPSA) is 69.8 Å². The summed E-state index contributed by atoms with van der Waals surface area (Å²) in [5.41, 5.74) is -0.00590. The van der Waals surface area contributed by atoms with Gasteiger partial charge >= 0.3 is 0 Å². The van der Waals surface area contributed by atoms with E-state index in [0.717, 1.165) is 9.09 Å². The van der Waals surface area contributed by atoms with E-state index in [9.17, 15) is 17.2 Å². The molecule has 0 aliphatic heterocycles. The molecule has 4 heterocycles. The lowest BCUT2D eigenvalue weighted by Crippen LogP contribution is -2.16. The van der Waals surface area contributed by atoms with Crippen molar-refractivity contribution >= 4 is 44.3 Å². The SMILES string of the molecule is O=S(=O)(c1ccccc1)n1c(C(F)F)cc2c(-c3ccc(Sn4ccnc4)s3)ccnc21. The van der Waals surface area contributed by atoms with Crippen molar-refractivity contribution in [2.75, 3.05) is 0 Å². The third-order valence-corrected chi connectivity index (χ3v) is 8.58. The molecule has 5 aromatic rings. The Kier molecular flexibility index (Phi) is 5.31. The average Bonchev–Trinajstić information content (AvgIpc) is 3.54. The van der Waals surface area contributed by atoms with E-state index in [1.165, 1.54) is 47.7 Å². The van der Waals surface area contributed by atoms with Crippen LogP contribution in [-0.2, 0) is 10.0 Å². The van der Waals surface area contributed by atoms with Crippen molar-refractivity contribution in [3.05, 3.63) is 85.2 Å². The van der Waals surface area contributed by atoms with Crippen LogP contribution in [0.1, 0.15) is 12.1 Å². The minimum absolute atomic E-state index is 0.0288. The molecule has 0 radical (unpaired) electrons. The maximum Gasteiger partial charge on any atom is 0.279 e. The highest BCUT2D eigenvalue weighted by Crippen LogP contribution is 2.40. The van der Waals surface area contributed by atoms with E-state index in [1.807, 2.05) is 22.3 Å². The second-order valence-corrected chi connectivity index (χ2v) is 10.9. The minimum Gasteiger partial charge on any atom is -0.275 e. The molecular weight excluding hydrogens is 474 g/mol. The number of nitrogens with zero attached hydrogens (tertiary/aromatic N) is 4. The Bertz CT molecular complexity index is 1490. The number of thiophene rings is 1. The first-order valence-corrected chi connectivity index (χ1v) is 12.3. The first kappa shape index (κ1) is 20.9. The van der Waals surface area contributed by atoms with E-state index in [1.54, 1.807) is 36.8 Å². The molecule has 0 fully saturated rings. The fourth-order valence-corrected chi connectivity index (χ4v) is 6.83. The molecule has 1 aromatic carbocycles. The zero-order valence-electron chi connectivity index (χ0n) is 16.2. The predicted octanol–water partition coefficient (Wildman–Crippen LogP) is 5.69. The smallest absolute Gasteiger partial charge is 0.275 e. The van der Waals surface area contributed by atoms with Gasteiger partial charge < -0.3 is 0 Å². The summed E-state index contributed by atoms with van der Waals surface area (Å²) < 4.78 is 57.8. The second-order valence-electron chi connectivity index (χ2n) is 6.68. The number of hydrogen-bond acceptors (Lipinski definition) is 6. The maximum absolute atomic E-state index is 13.9. The zero-order valence-corrected chi connectivity index (χ0v) is 18.6. The molecule has 0 atom stereocenters. The van der Waals surface area contributed by atoms with Crippen molar-refractivity contribution in [3.63, 3.8) is 0 Å².